The first kappa shape index (κ1) is 26.5. The van der Waals surface area contributed by atoms with Gasteiger partial charge in [0.15, 0.2) is 18.5 Å². The standard InChI is InChI=1S/C21H28N2O12/c1-9-6-23(21(29)22-19(9)28)16-5-13(14(7-24)33-16)34-20-18(32-12(4)27)17(31-11(3)26)15(35-20)8-30-10(2)25/h6,13-18,20,24H,5,7-8H2,1-4H3,(H,22,28,29)/t13?,14-,15+,16-,17?,18?,20-/m1/s1. The van der Waals surface area contributed by atoms with Crippen LogP contribution in [0.4, 0.5) is 0 Å². The van der Waals surface area contributed by atoms with E-state index in [0.717, 1.165) is 13.8 Å². The zero-order valence-electron chi connectivity index (χ0n) is 19.6. The van der Waals surface area contributed by atoms with Crippen molar-refractivity contribution in [1.82, 2.24) is 9.55 Å². The number of aliphatic hydroxyl groups excluding tert-OH is 1. The van der Waals surface area contributed by atoms with Gasteiger partial charge in [-0.05, 0) is 6.92 Å². The molecule has 2 aliphatic rings. The van der Waals surface area contributed by atoms with Crippen molar-refractivity contribution in [3.63, 3.8) is 0 Å². The largest absolute Gasteiger partial charge is 0.463 e. The predicted molar refractivity (Wildman–Crippen MR) is 113 cm³/mol. The number of aromatic amines is 1. The van der Waals surface area contributed by atoms with E-state index in [-0.39, 0.29) is 18.6 Å². The van der Waals surface area contributed by atoms with Gasteiger partial charge in [0, 0.05) is 39.0 Å². The Morgan fingerprint density at radius 1 is 1.06 bits per heavy atom. The maximum Gasteiger partial charge on any atom is 0.330 e. The topological polar surface area (TPSA) is 182 Å². The van der Waals surface area contributed by atoms with Gasteiger partial charge < -0.3 is 33.5 Å². The number of aliphatic hydroxyl groups is 1. The van der Waals surface area contributed by atoms with Crippen LogP contribution in [0.5, 0.6) is 0 Å². The summed E-state index contributed by atoms with van der Waals surface area (Å²) in [4.78, 5) is 60.8. The van der Waals surface area contributed by atoms with E-state index in [1.54, 1.807) is 0 Å². The molecule has 0 amide bonds. The molecule has 0 saturated carbocycles. The Kier molecular flexibility index (Phi) is 8.43. The minimum Gasteiger partial charge on any atom is -0.463 e. The van der Waals surface area contributed by atoms with E-state index in [0.29, 0.717) is 0 Å². The summed E-state index contributed by atoms with van der Waals surface area (Å²) >= 11 is 0. The molecule has 3 unspecified atom stereocenters. The Bertz CT molecular complexity index is 1070. The van der Waals surface area contributed by atoms with Gasteiger partial charge in [0.05, 0.1) is 12.7 Å². The molecular formula is C21H28N2O12. The Morgan fingerprint density at radius 2 is 1.71 bits per heavy atom. The highest BCUT2D eigenvalue weighted by Crippen LogP contribution is 2.35. The van der Waals surface area contributed by atoms with Crippen LogP contribution in [0.25, 0.3) is 0 Å². The third kappa shape index (κ3) is 6.33. The molecule has 0 spiro atoms. The minimum atomic E-state index is -1.28. The Labute approximate surface area is 199 Å². The fourth-order valence-corrected chi connectivity index (χ4v) is 3.94. The van der Waals surface area contributed by atoms with E-state index in [1.165, 1.54) is 24.6 Å². The molecule has 7 atom stereocenters. The van der Waals surface area contributed by atoms with E-state index in [1.807, 2.05) is 0 Å². The van der Waals surface area contributed by atoms with Crippen LogP contribution in [0.2, 0.25) is 0 Å². The molecule has 0 aromatic carbocycles. The van der Waals surface area contributed by atoms with Gasteiger partial charge in [-0.25, -0.2) is 4.79 Å². The van der Waals surface area contributed by atoms with Gasteiger partial charge in [-0.15, -0.1) is 0 Å². The summed E-state index contributed by atoms with van der Waals surface area (Å²) in [6.07, 6.45) is -5.87. The van der Waals surface area contributed by atoms with Gasteiger partial charge in [0.2, 0.25) is 0 Å². The molecule has 3 rings (SSSR count). The fourth-order valence-electron chi connectivity index (χ4n) is 3.94. The number of aryl methyl sites for hydroxylation is 1. The number of nitrogens with zero attached hydrogens (tertiary/aromatic N) is 1. The van der Waals surface area contributed by atoms with E-state index in [9.17, 15) is 29.1 Å². The molecule has 2 saturated heterocycles. The first-order valence-corrected chi connectivity index (χ1v) is 10.9. The highest BCUT2D eigenvalue weighted by atomic mass is 16.7. The first-order chi connectivity index (χ1) is 16.5. The van der Waals surface area contributed by atoms with Crippen molar-refractivity contribution in [2.75, 3.05) is 13.2 Å². The molecule has 2 aliphatic heterocycles. The zero-order chi connectivity index (χ0) is 25.9. The molecule has 2 N–H and O–H groups in total. The number of hydrogen-bond donors (Lipinski definition) is 2. The van der Waals surface area contributed by atoms with Crippen molar-refractivity contribution >= 4 is 17.9 Å². The molecule has 3 heterocycles. The SMILES string of the molecule is CC(=O)OC[C@@H]1O[C@@H](OC2C[C@H](n3cc(C)c(=O)[nH]c3=O)O[C@@H]2CO)C(OC(C)=O)C1OC(C)=O. The molecule has 0 aliphatic carbocycles. The summed E-state index contributed by atoms with van der Waals surface area (Å²) in [5, 5.41) is 9.82. The summed E-state index contributed by atoms with van der Waals surface area (Å²) in [6, 6.07) is 0. The number of hydrogen-bond acceptors (Lipinski definition) is 12. The highest BCUT2D eigenvalue weighted by molar-refractivity contribution is 5.68. The molecule has 0 bridgehead atoms. The molecule has 14 nitrogen and oxygen atoms in total. The smallest absolute Gasteiger partial charge is 0.330 e. The van der Waals surface area contributed by atoms with Gasteiger partial charge in [0.25, 0.3) is 5.56 Å². The van der Waals surface area contributed by atoms with Gasteiger partial charge in [-0.3, -0.25) is 28.7 Å². The van der Waals surface area contributed by atoms with Crippen LogP contribution >= 0.6 is 0 Å². The number of H-pyrrole nitrogens is 1. The summed E-state index contributed by atoms with van der Waals surface area (Å²) in [5.74, 6) is -1.99. The van der Waals surface area contributed by atoms with Crippen LogP contribution in [0.3, 0.4) is 0 Å². The number of esters is 3. The molecule has 14 heteroatoms. The molecule has 194 valence electrons. The lowest BCUT2D eigenvalue weighted by atomic mass is 10.1. The van der Waals surface area contributed by atoms with Crippen molar-refractivity contribution < 1.29 is 47.9 Å². The second-order valence-electron chi connectivity index (χ2n) is 8.19. The van der Waals surface area contributed by atoms with Crippen molar-refractivity contribution in [2.45, 2.75) is 77.2 Å². The first-order valence-electron chi connectivity index (χ1n) is 10.9. The van der Waals surface area contributed by atoms with Crippen LogP contribution in [-0.4, -0.2) is 82.6 Å². The predicted octanol–water partition coefficient (Wildman–Crippen LogP) is -1.34. The van der Waals surface area contributed by atoms with Crippen molar-refractivity contribution in [2.24, 2.45) is 0 Å². The normalized spacial score (nSPS) is 30.1. The van der Waals surface area contributed by atoms with Gasteiger partial charge in [-0.1, -0.05) is 0 Å². The second-order valence-corrected chi connectivity index (χ2v) is 8.19. The number of carbonyl (C=O) groups excluding carboxylic acids is 3. The van der Waals surface area contributed by atoms with Crippen LogP contribution < -0.4 is 11.2 Å². The van der Waals surface area contributed by atoms with Crippen LogP contribution in [0, 0.1) is 6.92 Å². The van der Waals surface area contributed by atoms with E-state index in [2.05, 4.69) is 4.98 Å². The fraction of sp³-hybridized carbons (Fsp3) is 0.667. The molecular weight excluding hydrogens is 472 g/mol. The van der Waals surface area contributed by atoms with Crippen LogP contribution in [-0.2, 0) is 42.8 Å². The van der Waals surface area contributed by atoms with Gasteiger partial charge >= 0.3 is 23.6 Å². The molecule has 2 fully saturated rings. The lowest BCUT2D eigenvalue weighted by Crippen LogP contribution is -2.43. The summed E-state index contributed by atoms with van der Waals surface area (Å²) in [6.45, 7) is 4.24. The lowest BCUT2D eigenvalue weighted by Gasteiger charge is -2.26. The summed E-state index contributed by atoms with van der Waals surface area (Å²) < 4.78 is 34.3. The molecule has 1 aromatic rings. The molecule has 35 heavy (non-hydrogen) atoms. The second kappa shape index (κ2) is 11.1. The van der Waals surface area contributed by atoms with E-state index >= 15 is 0 Å². The summed E-state index contributed by atoms with van der Waals surface area (Å²) in [7, 11) is 0. The van der Waals surface area contributed by atoms with Crippen molar-refractivity contribution in [3.05, 3.63) is 32.6 Å². The number of ether oxygens (including phenoxy) is 6. The highest BCUT2D eigenvalue weighted by Gasteiger charge is 2.52. The zero-order valence-corrected chi connectivity index (χ0v) is 19.6. The number of carbonyl (C=O) groups is 3. The number of rotatable bonds is 8. The monoisotopic (exact) mass is 500 g/mol. The molecule has 0 radical (unpaired) electrons. The van der Waals surface area contributed by atoms with Gasteiger partial charge in [-0.2, -0.15) is 0 Å². The van der Waals surface area contributed by atoms with E-state index in [4.69, 9.17) is 28.4 Å². The summed E-state index contributed by atoms with van der Waals surface area (Å²) in [5.41, 5.74) is -0.950. The third-order valence-electron chi connectivity index (χ3n) is 5.45. The number of aromatic nitrogens is 2. The minimum absolute atomic E-state index is 0.0656. The van der Waals surface area contributed by atoms with Crippen LogP contribution in [0.1, 0.15) is 39.0 Å². The quantitative estimate of drug-likeness (QED) is 0.317. The Hall–Kier alpha value is -3.07. The van der Waals surface area contributed by atoms with Crippen molar-refractivity contribution in [3.8, 4) is 0 Å². The third-order valence-corrected chi connectivity index (χ3v) is 5.45. The Balaban J connectivity index is 1.83. The van der Waals surface area contributed by atoms with Crippen LogP contribution in [0.15, 0.2) is 15.8 Å². The average Bonchev–Trinajstić information content (AvgIpc) is 3.30. The Morgan fingerprint density at radius 3 is 2.31 bits per heavy atom. The molecule has 1 aromatic heterocycles. The van der Waals surface area contributed by atoms with Crippen molar-refractivity contribution in [1.29, 1.82) is 0 Å². The van der Waals surface area contributed by atoms with Gasteiger partial charge in [0.1, 0.15) is 25.0 Å². The average molecular weight is 500 g/mol. The lowest BCUT2D eigenvalue weighted by molar-refractivity contribution is -0.214. The van der Waals surface area contributed by atoms with E-state index < -0.39 is 78.8 Å². The maximum atomic E-state index is 12.3. The maximum absolute atomic E-state index is 12.3. The number of nitrogens with one attached hydrogen (secondary N) is 1.